The van der Waals surface area contributed by atoms with Crippen LogP contribution >= 0.6 is 0 Å². The number of rotatable bonds is 5. The van der Waals surface area contributed by atoms with E-state index in [1.54, 1.807) is 32.1 Å². The Morgan fingerprint density at radius 3 is 1.33 bits per heavy atom. The molecule has 1 heteroatoms. The maximum absolute atomic E-state index is 3.38. The Kier molecular flexibility index (Phi) is 0.397. The third-order valence-electron chi connectivity index (χ3n) is 19.4. The molecule has 8 atom stereocenters. The van der Waals surface area contributed by atoms with Crippen LogP contribution in [0.2, 0.25) is 45.6 Å². The summed E-state index contributed by atoms with van der Waals surface area (Å²) in [7, 11) is 0. The van der Waals surface area contributed by atoms with E-state index in [0.717, 1.165) is 21.6 Å². The van der Waals surface area contributed by atoms with Gasteiger partial charge in [0.05, 0.1) is 0 Å². The van der Waals surface area contributed by atoms with Gasteiger partial charge in [0, 0.05) is 0 Å². The summed E-state index contributed by atoms with van der Waals surface area (Å²) in [4.78, 5) is 7.19. The van der Waals surface area contributed by atoms with E-state index in [4.69, 9.17) is 0 Å². The normalized spacial score (nSPS) is 113. The molecule has 0 aromatic heterocycles. The SMILES string of the molecule is CC[C]12[CH]3[C]4(CC)[C]5(CC)[CH]1[Fe]32451678[CH]2[CH]1[C]6(CC)[C]7(CC)[CH]28. The van der Waals surface area contributed by atoms with Crippen molar-refractivity contribution in [3.8, 4) is 0 Å². The van der Waals surface area contributed by atoms with Crippen LogP contribution in [-0.4, -0.2) is 0 Å². The van der Waals surface area contributed by atoms with Crippen molar-refractivity contribution < 1.29 is 6.51 Å². The number of hydrogen-bond acceptors (Lipinski definition) is 0. The van der Waals surface area contributed by atoms with E-state index in [9.17, 15) is 0 Å². The minimum absolute atomic E-state index is 1.07. The zero-order chi connectivity index (χ0) is 14.2. The van der Waals surface area contributed by atoms with Gasteiger partial charge in [0.2, 0.25) is 0 Å². The number of hydrogen-bond donors (Lipinski definition) is 0. The molecule has 0 amide bonds. The molecular formula is C20H30Fe. The molecule has 10 rings (SSSR count). The van der Waals surface area contributed by atoms with E-state index < -0.39 is 6.51 Å². The average Bonchev–Trinajstić information content (AvgIpc) is 3.47. The summed E-state index contributed by atoms with van der Waals surface area (Å²) in [5.41, 5.74) is 0. The molecule has 0 aliphatic carbocycles. The van der Waals surface area contributed by atoms with Gasteiger partial charge < -0.3 is 0 Å². The zero-order valence-corrected chi connectivity index (χ0v) is 15.4. The van der Waals surface area contributed by atoms with Crippen molar-refractivity contribution in [1.29, 1.82) is 0 Å². The summed E-state index contributed by atoms with van der Waals surface area (Å²) < 4.78 is 5.38. The second kappa shape index (κ2) is 0.857. The fourth-order valence-electron chi connectivity index (χ4n) is 25.1. The molecule has 1 spiro atoms. The fourth-order valence-corrected chi connectivity index (χ4v) is 115. The second-order valence-corrected chi connectivity index (χ2v) is 35.3. The molecule has 0 nitrogen and oxygen atoms in total. The van der Waals surface area contributed by atoms with Crippen LogP contribution in [-0.2, 0) is 6.51 Å². The van der Waals surface area contributed by atoms with Crippen molar-refractivity contribution in [1.82, 2.24) is 0 Å². The Hall–Kier alpha value is 0.519. The van der Waals surface area contributed by atoms with Gasteiger partial charge in [-0.05, 0) is 0 Å². The van der Waals surface area contributed by atoms with E-state index in [2.05, 4.69) is 34.6 Å². The minimum atomic E-state index is -3.38. The van der Waals surface area contributed by atoms with Crippen molar-refractivity contribution in [2.24, 2.45) is 0 Å². The number of fused-ring (bicyclic) bond motifs is 10. The molecule has 0 aromatic carbocycles. The van der Waals surface area contributed by atoms with Crippen LogP contribution in [0.5, 0.6) is 0 Å². The Balaban J connectivity index is 1.67. The van der Waals surface area contributed by atoms with Gasteiger partial charge >= 0.3 is 119 Å². The standard InChI is InChI=1S/C11H17.C9H13.Fe/c1-4-9-7-10(5-2)11(6-3)8-9;1-3-8-6-5-7-9(8)4-2;/h7-8H,4-6H2,1-3H3;5-7H,3-4H2,1-2H3;. The molecule has 0 radical (unpaired) electrons. The van der Waals surface area contributed by atoms with Crippen molar-refractivity contribution in [2.75, 3.05) is 0 Å². The molecule has 8 unspecified atom stereocenters. The Labute approximate surface area is 119 Å². The first kappa shape index (κ1) is 9.73. The van der Waals surface area contributed by atoms with E-state index >= 15 is 0 Å². The third kappa shape index (κ3) is 0.0882. The van der Waals surface area contributed by atoms with Crippen LogP contribution in [0.3, 0.4) is 0 Å². The average molecular weight is 326 g/mol. The Bertz CT molecular complexity index is 1100. The van der Waals surface area contributed by atoms with E-state index in [1.807, 2.05) is 0 Å². The summed E-state index contributed by atoms with van der Waals surface area (Å²) in [5.74, 6) is 0. The van der Waals surface area contributed by atoms with Crippen molar-refractivity contribution in [3.63, 3.8) is 0 Å². The summed E-state index contributed by atoms with van der Waals surface area (Å²) in [6.45, 7) is 9.92. The molecular weight excluding hydrogens is 296 g/mol. The van der Waals surface area contributed by atoms with Gasteiger partial charge in [-0.15, -0.1) is 0 Å². The van der Waals surface area contributed by atoms with Crippen LogP contribution in [0.1, 0.15) is 66.7 Å². The first-order valence-corrected chi connectivity index (χ1v) is 16.1. The molecule has 10 fully saturated rings. The fraction of sp³-hybridized carbons (Fsp3) is 1.00. The monoisotopic (exact) mass is 326 g/mol. The van der Waals surface area contributed by atoms with Gasteiger partial charge in [0.15, 0.2) is 0 Å². The van der Waals surface area contributed by atoms with Crippen molar-refractivity contribution in [3.05, 3.63) is 0 Å². The first-order valence-electron chi connectivity index (χ1n) is 10.1. The molecule has 10 aliphatic rings. The van der Waals surface area contributed by atoms with Crippen molar-refractivity contribution in [2.45, 2.75) is 112 Å². The summed E-state index contributed by atoms with van der Waals surface area (Å²) in [6.07, 6.45) is 8.22. The molecule has 10 heterocycles. The van der Waals surface area contributed by atoms with Crippen LogP contribution in [0.25, 0.3) is 0 Å². The predicted octanol–water partition coefficient (Wildman–Crippen LogP) is 7.28. The summed E-state index contributed by atoms with van der Waals surface area (Å²) in [6, 6.07) is 0. The van der Waals surface area contributed by atoms with E-state index in [0.29, 0.717) is 0 Å². The van der Waals surface area contributed by atoms with Gasteiger partial charge in [-0.25, -0.2) is 0 Å². The molecule has 21 heavy (non-hydrogen) atoms. The van der Waals surface area contributed by atoms with Crippen LogP contribution in [0.4, 0.5) is 0 Å². The summed E-state index contributed by atoms with van der Waals surface area (Å²) in [5, 5.41) is 0. The Morgan fingerprint density at radius 2 is 1.05 bits per heavy atom. The molecule has 0 bridgehead atoms. The van der Waals surface area contributed by atoms with Crippen molar-refractivity contribution >= 4 is 0 Å². The van der Waals surface area contributed by atoms with Gasteiger partial charge in [0.1, 0.15) is 0 Å². The summed E-state index contributed by atoms with van der Waals surface area (Å²) >= 11 is 0. The van der Waals surface area contributed by atoms with E-state index in [1.165, 1.54) is 24.1 Å². The molecule has 0 aromatic rings. The molecule has 0 N–H and O–H groups in total. The van der Waals surface area contributed by atoms with Gasteiger partial charge in [0.25, 0.3) is 0 Å². The molecule has 118 valence electrons. The molecule has 10 saturated heterocycles. The predicted molar refractivity (Wildman–Crippen MR) is 83.7 cm³/mol. The third-order valence-corrected chi connectivity index (χ3v) is 67.2. The molecule has 10 aliphatic heterocycles. The van der Waals surface area contributed by atoms with Gasteiger partial charge in [-0.1, -0.05) is 0 Å². The van der Waals surface area contributed by atoms with Crippen LogP contribution in [0.15, 0.2) is 0 Å². The van der Waals surface area contributed by atoms with Gasteiger partial charge in [-0.3, -0.25) is 0 Å². The quantitative estimate of drug-likeness (QED) is 0.466. The van der Waals surface area contributed by atoms with Gasteiger partial charge in [-0.2, -0.15) is 0 Å². The van der Waals surface area contributed by atoms with E-state index in [-0.39, 0.29) is 0 Å². The first-order chi connectivity index (χ1) is 9.91. The van der Waals surface area contributed by atoms with Crippen LogP contribution in [0, 0.1) is 0 Å². The topological polar surface area (TPSA) is 0 Å². The second-order valence-electron chi connectivity index (χ2n) is 12.5. The zero-order valence-electron chi connectivity index (χ0n) is 14.3. The molecule has 0 saturated carbocycles. The Morgan fingerprint density at radius 1 is 0.619 bits per heavy atom. The van der Waals surface area contributed by atoms with Crippen LogP contribution < -0.4 is 0 Å². The maximum atomic E-state index is 2.66.